The van der Waals surface area contributed by atoms with Crippen molar-refractivity contribution < 1.29 is 18.7 Å². The SMILES string of the molecule is COc1ccc(F)cc1-c1csc(NC(=O)C2=NN(c3ccccc3)C(=O)CC2)n1. The van der Waals surface area contributed by atoms with Crippen LogP contribution in [0.25, 0.3) is 11.3 Å². The normalized spacial score (nSPS) is 13.7. The van der Waals surface area contributed by atoms with Crippen molar-refractivity contribution in [3.63, 3.8) is 0 Å². The number of carbonyl (C=O) groups excluding carboxylic acids is 2. The number of nitrogens with zero attached hydrogens (tertiary/aromatic N) is 3. The molecule has 0 unspecified atom stereocenters. The molecule has 0 fully saturated rings. The third-order valence-electron chi connectivity index (χ3n) is 4.46. The maximum atomic E-state index is 13.6. The summed E-state index contributed by atoms with van der Waals surface area (Å²) >= 11 is 1.20. The van der Waals surface area contributed by atoms with E-state index in [0.717, 1.165) is 0 Å². The van der Waals surface area contributed by atoms with Crippen LogP contribution in [0.3, 0.4) is 0 Å². The van der Waals surface area contributed by atoms with Crippen molar-refractivity contribution in [1.82, 2.24) is 4.98 Å². The molecule has 1 aromatic heterocycles. The second-order valence-corrected chi connectivity index (χ2v) is 7.28. The Hall–Kier alpha value is -3.59. The molecule has 30 heavy (non-hydrogen) atoms. The van der Waals surface area contributed by atoms with Gasteiger partial charge in [-0.1, -0.05) is 18.2 Å². The van der Waals surface area contributed by atoms with E-state index in [9.17, 15) is 14.0 Å². The van der Waals surface area contributed by atoms with E-state index in [1.54, 1.807) is 29.6 Å². The van der Waals surface area contributed by atoms with Gasteiger partial charge in [0.1, 0.15) is 17.3 Å². The number of carbonyl (C=O) groups is 2. The van der Waals surface area contributed by atoms with E-state index >= 15 is 0 Å². The van der Waals surface area contributed by atoms with Crippen LogP contribution >= 0.6 is 11.3 Å². The molecule has 0 spiro atoms. The number of halogens is 1. The Morgan fingerprint density at radius 3 is 2.77 bits per heavy atom. The molecule has 4 rings (SSSR count). The minimum atomic E-state index is -0.435. The van der Waals surface area contributed by atoms with E-state index in [4.69, 9.17) is 4.74 Å². The smallest absolute Gasteiger partial charge is 0.273 e. The van der Waals surface area contributed by atoms with Gasteiger partial charge in [0.05, 0.1) is 18.5 Å². The van der Waals surface area contributed by atoms with Crippen LogP contribution in [-0.4, -0.2) is 29.6 Å². The Morgan fingerprint density at radius 2 is 2.00 bits per heavy atom. The number of aromatic nitrogens is 1. The third kappa shape index (κ3) is 4.06. The number of ether oxygens (including phenoxy) is 1. The number of amides is 2. The summed E-state index contributed by atoms with van der Waals surface area (Å²) in [6.07, 6.45) is 0.425. The predicted molar refractivity (Wildman–Crippen MR) is 113 cm³/mol. The van der Waals surface area contributed by atoms with Gasteiger partial charge in [0, 0.05) is 23.8 Å². The summed E-state index contributed by atoms with van der Waals surface area (Å²) in [4.78, 5) is 29.2. The molecule has 2 heterocycles. The molecule has 7 nitrogen and oxygen atoms in total. The van der Waals surface area contributed by atoms with Crippen LogP contribution in [0.4, 0.5) is 15.2 Å². The molecule has 2 amide bonds. The van der Waals surface area contributed by atoms with Crippen molar-refractivity contribution in [3.8, 4) is 17.0 Å². The molecule has 1 N–H and O–H groups in total. The molecule has 0 atom stereocenters. The van der Waals surface area contributed by atoms with Gasteiger partial charge in [-0.25, -0.2) is 14.4 Å². The van der Waals surface area contributed by atoms with Gasteiger partial charge in [-0.2, -0.15) is 5.10 Å². The van der Waals surface area contributed by atoms with Gasteiger partial charge in [0.25, 0.3) is 5.91 Å². The van der Waals surface area contributed by atoms with Crippen LogP contribution in [0, 0.1) is 5.82 Å². The number of hydrazone groups is 1. The van der Waals surface area contributed by atoms with Gasteiger partial charge >= 0.3 is 0 Å². The lowest BCUT2D eigenvalue weighted by molar-refractivity contribution is -0.118. The fourth-order valence-corrected chi connectivity index (χ4v) is 3.70. The summed E-state index contributed by atoms with van der Waals surface area (Å²) in [6, 6.07) is 13.1. The number of para-hydroxylation sites is 1. The predicted octanol–water partition coefficient (Wildman–Crippen LogP) is 4.08. The van der Waals surface area contributed by atoms with Crippen LogP contribution in [-0.2, 0) is 9.59 Å². The molecule has 0 bridgehead atoms. The fourth-order valence-electron chi connectivity index (χ4n) is 2.99. The van der Waals surface area contributed by atoms with E-state index in [1.807, 2.05) is 6.07 Å². The average molecular weight is 424 g/mol. The summed E-state index contributed by atoms with van der Waals surface area (Å²) < 4.78 is 18.9. The fraction of sp³-hybridized carbons (Fsp3) is 0.143. The first-order valence-corrected chi connectivity index (χ1v) is 9.99. The molecule has 152 valence electrons. The van der Waals surface area contributed by atoms with Crippen molar-refractivity contribution in [1.29, 1.82) is 0 Å². The quantitative estimate of drug-likeness (QED) is 0.669. The molecule has 0 aliphatic carbocycles. The molecular weight excluding hydrogens is 407 g/mol. The minimum Gasteiger partial charge on any atom is -0.496 e. The summed E-state index contributed by atoms with van der Waals surface area (Å²) in [6.45, 7) is 0. The topological polar surface area (TPSA) is 83.9 Å². The Morgan fingerprint density at radius 1 is 1.20 bits per heavy atom. The molecule has 0 radical (unpaired) electrons. The number of hydrogen-bond acceptors (Lipinski definition) is 6. The zero-order valence-electron chi connectivity index (χ0n) is 16.0. The highest BCUT2D eigenvalue weighted by Gasteiger charge is 2.26. The van der Waals surface area contributed by atoms with Crippen LogP contribution in [0.5, 0.6) is 5.75 Å². The summed E-state index contributed by atoms with van der Waals surface area (Å²) in [5.74, 6) is -0.539. The largest absolute Gasteiger partial charge is 0.496 e. The number of anilines is 2. The molecular formula is C21H17FN4O3S. The third-order valence-corrected chi connectivity index (χ3v) is 5.22. The Balaban J connectivity index is 1.54. The van der Waals surface area contributed by atoms with Gasteiger partial charge in [0.2, 0.25) is 5.91 Å². The van der Waals surface area contributed by atoms with Crippen LogP contribution in [0.2, 0.25) is 0 Å². The Labute approximate surface area is 175 Å². The molecule has 2 aromatic carbocycles. The van der Waals surface area contributed by atoms with Crippen molar-refractivity contribution in [2.75, 3.05) is 17.4 Å². The Bertz CT molecular complexity index is 1130. The van der Waals surface area contributed by atoms with Gasteiger partial charge in [-0.05, 0) is 30.3 Å². The van der Waals surface area contributed by atoms with Gasteiger partial charge in [-0.15, -0.1) is 11.3 Å². The molecule has 9 heteroatoms. The summed E-state index contributed by atoms with van der Waals surface area (Å²) in [5.41, 5.74) is 1.81. The lowest BCUT2D eigenvalue weighted by Crippen LogP contribution is -2.36. The maximum Gasteiger partial charge on any atom is 0.273 e. The van der Waals surface area contributed by atoms with Crippen molar-refractivity contribution in [3.05, 3.63) is 59.7 Å². The highest BCUT2D eigenvalue weighted by atomic mass is 32.1. The number of rotatable bonds is 5. The standard InChI is InChI=1S/C21H17FN4O3S/c1-29-18-9-7-13(22)11-15(18)17-12-30-21(23-17)24-20(28)16-8-10-19(27)26(25-16)14-5-3-2-4-6-14/h2-7,9,11-12H,8,10H2,1H3,(H,23,24,28). The average Bonchev–Trinajstić information content (AvgIpc) is 3.23. The van der Waals surface area contributed by atoms with Crippen LogP contribution in [0.15, 0.2) is 59.0 Å². The van der Waals surface area contributed by atoms with E-state index in [1.165, 1.54) is 41.7 Å². The van der Waals surface area contributed by atoms with E-state index < -0.39 is 11.7 Å². The van der Waals surface area contributed by atoms with Crippen molar-refractivity contribution >= 4 is 39.7 Å². The van der Waals surface area contributed by atoms with Crippen LogP contribution in [0.1, 0.15) is 12.8 Å². The first-order chi connectivity index (χ1) is 14.5. The number of benzene rings is 2. The summed E-state index contributed by atoms with van der Waals surface area (Å²) in [5, 5.41) is 10.2. The monoisotopic (exact) mass is 424 g/mol. The minimum absolute atomic E-state index is 0.174. The first kappa shape index (κ1) is 19.7. The molecule has 0 saturated carbocycles. The second-order valence-electron chi connectivity index (χ2n) is 6.42. The number of methoxy groups -OCH3 is 1. The van der Waals surface area contributed by atoms with E-state index in [2.05, 4.69) is 15.4 Å². The lowest BCUT2D eigenvalue weighted by Gasteiger charge is -2.22. The number of thiazole rings is 1. The van der Waals surface area contributed by atoms with Gasteiger partial charge in [0.15, 0.2) is 5.13 Å². The van der Waals surface area contributed by atoms with E-state index in [-0.39, 0.29) is 24.5 Å². The van der Waals surface area contributed by atoms with Crippen molar-refractivity contribution in [2.24, 2.45) is 5.10 Å². The zero-order valence-corrected chi connectivity index (χ0v) is 16.8. The molecule has 1 aliphatic rings. The second kappa shape index (κ2) is 8.42. The number of nitrogens with one attached hydrogen (secondary N) is 1. The van der Waals surface area contributed by atoms with Gasteiger partial charge < -0.3 is 4.74 Å². The first-order valence-electron chi connectivity index (χ1n) is 9.11. The van der Waals surface area contributed by atoms with Crippen molar-refractivity contribution in [2.45, 2.75) is 12.8 Å². The lowest BCUT2D eigenvalue weighted by atomic mass is 10.1. The number of hydrogen-bond donors (Lipinski definition) is 1. The van der Waals surface area contributed by atoms with E-state index in [0.29, 0.717) is 27.8 Å². The summed E-state index contributed by atoms with van der Waals surface area (Å²) in [7, 11) is 1.49. The van der Waals surface area contributed by atoms with Crippen LogP contribution < -0.4 is 15.1 Å². The Kier molecular flexibility index (Phi) is 5.53. The highest BCUT2D eigenvalue weighted by Crippen LogP contribution is 2.33. The zero-order chi connectivity index (χ0) is 21.1. The molecule has 3 aromatic rings. The highest BCUT2D eigenvalue weighted by molar-refractivity contribution is 7.14. The van der Waals surface area contributed by atoms with Gasteiger partial charge in [-0.3, -0.25) is 14.9 Å². The maximum absolute atomic E-state index is 13.6. The molecule has 0 saturated heterocycles. The molecule has 1 aliphatic heterocycles.